The summed E-state index contributed by atoms with van der Waals surface area (Å²) in [7, 11) is -3.85. The van der Waals surface area contributed by atoms with Gasteiger partial charge in [-0.1, -0.05) is 0 Å². The summed E-state index contributed by atoms with van der Waals surface area (Å²) in [4.78, 5) is 23.4. The maximum Gasteiger partial charge on any atom is 0.329 e. The molecule has 138 valence electrons. The van der Waals surface area contributed by atoms with Gasteiger partial charge in [-0.25, -0.2) is 22.3 Å². The minimum atomic E-state index is -3.85. The van der Waals surface area contributed by atoms with Gasteiger partial charge in [0.1, 0.15) is 11.4 Å². The van der Waals surface area contributed by atoms with E-state index in [-0.39, 0.29) is 17.9 Å². The SMILES string of the molecule is O=C(CCNS(=O)(=O)c1ccc(F)cc1)NC1(C(=O)O)CCSCC1. The molecule has 3 N–H and O–H groups in total. The number of carboxylic acids is 1. The second kappa shape index (κ2) is 8.15. The topological polar surface area (TPSA) is 113 Å². The van der Waals surface area contributed by atoms with Crippen molar-refractivity contribution in [2.24, 2.45) is 0 Å². The summed E-state index contributed by atoms with van der Waals surface area (Å²) in [6.07, 6.45) is 0.475. The highest BCUT2D eigenvalue weighted by Crippen LogP contribution is 2.27. The Labute approximate surface area is 149 Å². The number of hydrogen-bond acceptors (Lipinski definition) is 5. The highest BCUT2D eigenvalue weighted by Gasteiger charge is 2.41. The normalized spacial score (nSPS) is 17.0. The van der Waals surface area contributed by atoms with Crippen molar-refractivity contribution in [3.63, 3.8) is 0 Å². The van der Waals surface area contributed by atoms with Gasteiger partial charge in [0, 0.05) is 13.0 Å². The molecule has 0 bridgehead atoms. The molecule has 0 saturated carbocycles. The molecule has 25 heavy (non-hydrogen) atoms. The molecule has 0 unspecified atom stereocenters. The van der Waals surface area contributed by atoms with Crippen LogP contribution in [0.25, 0.3) is 0 Å². The maximum atomic E-state index is 12.8. The molecule has 0 spiro atoms. The lowest BCUT2D eigenvalue weighted by Crippen LogP contribution is -2.56. The molecule has 1 aliphatic rings. The Hall–Kier alpha value is -1.65. The third-order valence-corrected chi connectivity index (χ3v) is 6.37. The van der Waals surface area contributed by atoms with Gasteiger partial charge in [-0.3, -0.25) is 4.79 Å². The van der Waals surface area contributed by atoms with Crippen LogP contribution in [-0.4, -0.2) is 49.0 Å². The highest BCUT2D eigenvalue weighted by atomic mass is 32.2. The van der Waals surface area contributed by atoms with Crippen molar-refractivity contribution in [2.45, 2.75) is 29.7 Å². The number of rotatable bonds is 7. The molecule has 10 heteroatoms. The molecule has 0 aliphatic carbocycles. The minimum Gasteiger partial charge on any atom is -0.480 e. The van der Waals surface area contributed by atoms with Gasteiger partial charge in [-0.05, 0) is 48.6 Å². The summed E-state index contributed by atoms with van der Waals surface area (Å²) in [5.41, 5.74) is -1.28. The standard InChI is InChI=1S/C15H19FN2O5S2/c16-11-1-3-12(4-2-11)25(22,23)17-8-5-13(19)18-15(14(20)21)6-9-24-10-7-15/h1-4,17H,5-10H2,(H,18,19)(H,20,21). The van der Waals surface area contributed by atoms with Crippen molar-refractivity contribution in [3.05, 3.63) is 30.1 Å². The van der Waals surface area contributed by atoms with E-state index in [1.807, 2.05) is 0 Å². The van der Waals surface area contributed by atoms with E-state index in [4.69, 9.17) is 0 Å². The van der Waals surface area contributed by atoms with Crippen LogP contribution < -0.4 is 10.0 Å². The monoisotopic (exact) mass is 390 g/mol. The Morgan fingerprint density at radius 1 is 1.20 bits per heavy atom. The lowest BCUT2D eigenvalue weighted by Gasteiger charge is -2.33. The van der Waals surface area contributed by atoms with Crippen molar-refractivity contribution in [1.29, 1.82) is 0 Å². The Balaban J connectivity index is 1.89. The number of carbonyl (C=O) groups excluding carboxylic acids is 1. The van der Waals surface area contributed by atoms with E-state index >= 15 is 0 Å². The zero-order valence-corrected chi connectivity index (χ0v) is 15.0. The quantitative estimate of drug-likeness (QED) is 0.639. The van der Waals surface area contributed by atoms with Gasteiger partial charge >= 0.3 is 5.97 Å². The number of thioether (sulfide) groups is 1. The minimum absolute atomic E-state index is 0.111. The maximum absolute atomic E-state index is 12.8. The molecule has 7 nitrogen and oxygen atoms in total. The fourth-order valence-electron chi connectivity index (χ4n) is 2.44. The van der Waals surface area contributed by atoms with Crippen molar-refractivity contribution >= 4 is 33.7 Å². The summed E-state index contributed by atoms with van der Waals surface area (Å²) in [6.45, 7) is -0.185. The molecule has 1 heterocycles. The van der Waals surface area contributed by atoms with Crippen LogP contribution in [0.15, 0.2) is 29.2 Å². The van der Waals surface area contributed by atoms with Crippen molar-refractivity contribution in [3.8, 4) is 0 Å². The number of halogens is 1. The zero-order valence-electron chi connectivity index (χ0n) is 13.3. The molecule has 2 rings (SSSR count). The number of benzene rings is 1. The Kier molecular flexibility index (Phi) is 6.42. The lowest BCUT2D eigenvalue weighted by atomic mass is 9.92. The molecular formula is C15H19FN2O5S2. The number of sulfonamides is 1. The predicted molar refractivity (Wildman–Crippen MR) is 91.3 cm³/mol. The van der Waals surface area contributed by atoms with Crippen LogP contribution in [0.5, 0.6) is 0 Å². The summed E-state index contributed by atoms with van der Waals surface area (Å²) < 4.78 is 39.1. The van der Waals surface area contributed by atoms with Gasteiger partial charge in [0.05, 0.1) is 4.90 Å². The molecule has 0 aromatic heterocycles. The molecule has 1 fully saturated rings. The van der Waals surface area contributed by atoms with Gasteiger partial charge in [-0.2, -0.15) is 11.8 Å². The molecule has 1 saturated heterocycles. The van der Waals surface area contributed by atoms with E-state index in [9.17, 15) is 27.5 Å². The predicted octanol–water partition coefficient (Wildman–Crippen LogP) is 0.961. The van der Waals surface area contributed by atoms with Crippen LogP contribution in [-0.2, 0) is 19.6 Å². The van der Waals surface area contributed by atoms with Gasteiger partial charge in [-0.15, -0.1) is 0 Å². The molecule has 1 aromatic carbocycles. The van der Waals surface area contributed by atoms with Crippen molar-refractivity contribution in [1.82, 2.24) is 10.0 Å². The third kappa shape index (κ3) is 5.16. The van der Waals surface area contributed by atoms with Gasteiger partial charge in [0.25, 0.3) is 0 Å². The largest absolute Gasteiger partial charge is 0.480 e. The second-order valence-electron chi connectivity index (χ2n) is 5.65. The first kappa shape index (κ1) is 19.7. The van der Waals surface area contributed by atoms with Gasteiger partial charge < -0.3 is 10.4 Å². The summed E-state index contributed by atoms with van der Waals surface area (Å²) >= 11 is 1.63. The van der Waals surface area contributed by atoms with Crippen LogP contribution in [0, 0.1) is 5.82 Å². The Bertz CT molecular complexity index is 731. The number of aliphatic carboxylic acids is 1. The summed E-state index contributed by atoms with van der Waals surface area (Å²) in [5.74, 6) is -0.875. The molecule has 1 aliphatic heterocycles. The lowest BCUT2D eigenvalue weighted by molar-refractivity contribution is -0.148. The first-order valence-corrected chi connectivity index (χ1v) is 10.3. The average Bonchev–Trinajstić information content (AvgIpc) is 2.55. The molecule has 0 atom stereocenters. The Morgan fingerprint density at radius 2 is 1.80 bits per heavy atom. The highest BCUT2D eigenvalue weighted by molar-refractivity contribution is 7.99. The summed E-state index contributed by atoms with van der Waals surface area (Å²) in [5, 5.41) is 11.9. The first-order chi connectivity index (χ1) is 11.8. The first-order valence-electron chi connectivity index (χ1n) is 7.63. The van der Waals surface area contributed by atoms with E-state index in [0.717, 1.165) is 24.3 Å². The van der Waals surface area contributed by atoms with Crippen LogP contribution in [0.1, 0.15) is 19.3 Å². The van der Waals surface area contributed by atoms with Crippen LogP contribution >= 0.6 is 11.8 Å². The number of carboxylic acid groups (broad SMARTS) is 1. The van der Waals surface area contributed by atoms with E-state index in [1.165, 1.54) is 0 Å². The Morgan fingerprint density at radius 3 is 2.36 bits per heavy atom. The van der Waals surface area contributed by atoms with E-state index in [0.29, 0.717) is 24.3 Å². The number of nitrogens with one attached hydrogen (secondary N) is 2. The molecule has 1 aromatic rings. The molecular weight excluding hydrogens is 371 g/mol. The van der Waals surface area contributed by atoms with Crippen LogP contribution in [0.2, 0.25) is 0 Å². The zero-order chi connectivity index (χ0) is 18.5. The van der Waals surface area contributed by atoms with Crippen LogP contribution in [0.3, 0.4) is 0 Å². The van der Waals surface area contributed by atoms with Crippen molar-refractivity contribution in [2.75, 3.05) is 18.1 Å². The third-order valence-electron chi connectivity index (χ3n) is 3.90. The fourth-order valence-corrected chi connectivity index (χ4v) is 4.66. The van der Waals surface area contributed by atoms with E-state index in [1.54, 1.807) is 11.8 Å². The van der Waals surface area contributed by atoms with Gasteiger partial charge in [0.2, 0.25) is 15.9 Å². The van der Waals surface area contributed by atoms with Gasteiger partial charge in [0.15, 0.2) is 0 Å². The fraction of sp³-hybridized carbons (Fsp3) is 0.467. The van der Waals surface area contributed by atoms with E-state index < -0.39 is 33.3 Å². The number of hydrogen-bond donors (Lipinski definition) is 3. The second-order valence-corrected chi connectivity index (χ2v) is 8.64. The smallest absolute Gasteiger partial charge is 0.329 e. The van der Waals surface area contributed by atoms with Crippen molar-refractivity contribution < 1.29 is 27.5 Å². The molecule has 0 radical (unpaired) electrons. The summed E-state index contributed by atoms with van der Waals surface area (Å²) in [6, 6.07) is 4.30. The number of amides is 1. The van der Waals surface area contributed by atoms with E-state index in [2.05, 4.69) is 10.0 Å². The van der Waals surface area contributed by atoms with Crippen LogP contribution in [0.4, 0.5) is 4.39 Å². The molecule has 1 amide bonds. The number of carbonyl (C=O) groups is 2. The average molecular weight is 390 g/mol.